The standard InChI is InChI=1S/C19H20N4O2/c1-14(15-8-10-20-11-9-15)22-16-4-6-17(7-5-16)23-19(24)21-13-18-3-2-12-25-18/h2-12,14,22H,13H2,1H3,(H2,21,23,24). The number of pyridine rings is 1. The van der Waals surface area contributed by atoms with E-state index in [0.29, 0.717) is 12.3 Å². The minimum Gasteiger partial charge on any atom is -0.467 e. The molecule has 3 rings (SSSR count). The average Bonchev–Trinajstić information content (AvgIpc) is 3.16. The van der Waals surface area contributed by atoms with E-state index in [1.165, 1.54) is 0 Å². The maximum absolute atomic E-state index is 11.9. The van der Waals surface area contributed by atoms with Crippen LogP contribution in [0.2, 0.25) is 0 Å². The molecule has 0 fully saturated rings. The highest BCUT2D eigenvalue weighted by Crippen LogP contribution is 2.20. The molecular formula is C19H20N4O2. The van der Waals surface area contributed by atoms with Crippen LogP contribution in [0.5, 0.6) is 0 Å². The number of hydrogen-bond acceptors (Lipinski definition) is 4. The maximum atomic E-state index is 11.9. The fraction of sp³-hybridized carbons (Fsp3) is 0.158. The summed E-state index contributed by atoms with van der Waals surface area (Å²) in [4.78, 5) is 15.9. The van der Waals surface area contributed by atoms with Gasteiger partial charge in [-0.1, -0.05) is 0 Å². The number of nitrogens with zero attached hydrogens (tertiary/aromatic N) is 1. The molecule has 0 saturated carbocycles. The first-order valence-corrected chi connectivity index (χ1v) is 8.04. The molecule has 2 heterocycles. The van der Waals surface area contributed by atoms with Crippen molar-refractivity contribution in [2.75, 3.05) is 10.6 Å². The van der Waals surface area contributed by atoms with Crippen LogP contribution in [-0.4, -0.2) is 11.0 Å². The van der Waals surface area contributed by atoms with Crippen molar-refractivity contribution in [2.45, 2.75) is 19.5 Å². The Balaban J connectivity index is 1.50. The molecule has 6 nitrogen and oxygen atoms in total. The number of urea groups is 1. The lowest BCUT2D eigenvalue weighted by molar-refractivity contribution is 0.251. The van der Waals surface area contributed by atoms with Crippen LogP contribution in [0.1, 0.15) is 24.3 Å². The van der Waals surface area contributed by atoms with Crippen molar-refractivity contribution in [3.8, 4) is 0 Å². The number of furan rings is 1. The van der Waals surface area contributed by atoms with Crippen LogP contribution in [-0.2, 0) is 6.54 Å². The molecule has 0 aliphatic carbocycles. The van der Waals surface area contributed by atoms with Crippen LogP contribution in [0.15, 0.2) is 71.6 Å². The molecule has 3 N–H and O–H groups in total. The zero-order chi connectivity index (χ0) is 17.5. The zero-order valence-electron chi connectivity index (χ0n) is 13.9. The monoisotopic (exact) mass is 336 g/mol. The van der Waals surface area contributed by atoms with Gasteiger partial charge in [0.25, 0.3) is 0 Å². The Labute approximate surface area is 146 Å². The average molecular weight is 336 g/mol. The van der Waals surface area contributed by atoms with E-state index in [4.69, 9.17) is 4.42 Å². The number of carbonyl (C=O) groups excluding carboxylic acids is 1. The van der Waals surface area contributed by atoms with E-state index in [9.17, 15) is 4.79 Å². The molecule has 128 valence electrons. The van der Waals surface area contributed by atoms with Gasteiger partial charge in [0.2, 0.25) is 0 Å². The molecule has 2 amide bonds. The Morgan fingerprint density at radius 2 is 1.80 bits per heavy atom. The van der Waals surface area contributed by atoms with E-state index in [0.717, 1.165) is 16.9 Å². The van der Waals surface area contributed by atoms with Crippen molar-refractivity contribution >= 4 is 17.4 Å². The Morgan fingerprint density at radius 3 is 2.48 bits per heavy atom. The highest BCUT2D eigenvalue weighted by Gasteiger charge is 2.06. The van der Waals surface area contributed by atoms with Crippen molar-refractivity contribution in [2.24, 2.45) is 0 Å². The first-order chi connectivity index (χ1) is 12.2. The Kier molecular flexibility index (Phi) is 5.31. The second kappa shape index (κ2) is 8.01. The number of rotatable bonds is 6. The van der Waals surface area contributed by atoms with Gasteiger partial charge in [0.1, 0.15) is 5.76 Å². The molecule has 1 atom stereocenters. The summed E-state index contributed by atoms with van der Waals surface area (Å²) in [5.41, 5.74) is 2.86. The molecule has 0 bridgehead atoms. The Morgan fingerprint density at radius 1 is 1.08 bits per heavy atom. The summed E-state index contributed by atoms with van der Waals surface area (Å²) in [6.07, 6.45) is 5.14. The molecule has 3 aromatic rings. The summed E-state index contributed by atoms with van der Waals surface area (Å²) in [5, 5.41) is 8.94. The SMILES string of the molecule is CC(Nc1ccc(NC(=O)NCc2ccco2)cc1)c1ccncc1. The lowest BCUT2D eigenvalue weighted by atomic mass is 10.1. The number of anilines is 2. The fourth-order valence-corrected chi connectivity index (χ4v) is 2.39. The zero-order valence-corrected chi connectivity index (χ0v) is 13.9. The van der Waals surface area contributed by atoms with E-state index < -0.39 is 0 Å². The smallest absolute Gasteiger partial charge is 0.319 e. The van der Waals surface area contributed by atoms with Crippen molar-refractivity contribution in [3.63, 3.8) is 0 Å². The summed E-state index contributed by atoms with van der Waals surface area (Å²) in [6.45, 7) is 2.44. The number of amides is 2. The normalized spacial score (nSPS) is 11.6. The van der Waals surface area contributed by atoms with E-state index in [2.05, 4.69) is 27.9 Å². The van der Waals surface area contributed by atoms with Gasteiger partial charge in [0.05, 0.1) is 12.8 Å². The van der Waals surface area contributed by atoms with Crippen LogP contribution in [0.25, 0.3) is 0 Å². The van der Waals surface area contributed by atoms with Crippen LogP contribution in [0.4, 0.5) is 16.2 Å². The van der Waals surface area contributed by atoms with Gasteiger partial charge in [0.15, 0.2) is 0 Å². The quantitative estimate of drug-likeness (QED) is 0.631. The number of aromatic nitrogens is 1. The van der Waals surface area contributed by atoms with Gasteiger partial charge in [-0.3, -0.25) is 4.98 Å². The molecule has 0 aliphatic heterocycles. The lowest BCUT2D eigenvalue weighted by Gasteiger charge is -2.16. The van der Waals surface area contributed by atoms with Gasteiger partial charge in [-0.15, -0.1) is 0 Å². The van der Waals surface area contributed by atoms with E-state index in [1.807, 2.05) is 42.5 Å². The fourth-order valence-electron chi connectivity index (χ4n) is 2.39. The van der Waals surface area contributed by atoms with Crippen molar-refractivity contribution in [1.82, 2.24) is 10.3 Å². The van der Waals surface area contributed by atoms with Crippen molar-refractivity contribution in [1.29, 1.82) is 0 Å². The van der Waals surface area contributed by atoms with Gasteiger partial charge < -0.3 is 20.4 Å². The molecule has 2 aromatic heterocycles. The summed E-state index contributed by atoms with van der Waals surface area (Å²) in [5.74, 6) is 0.708. The molecule has 0 saturated heterocycles. The van der Waals surface area contributed by atoms with Gasteiger partial charge in [-0.25, -0.2) is 4.79 Å². The number of benzene rings is 1. The second-order valence-electron chi connectivity index (χ2n) is 5.61. The van der Waals surface area contributed by atoms with E-state index >= 15 is 0 Å². The van der Waals surface area contributed by atoms with Crippen molar-refractivity contribution < 1.29 is 9.21 Å². The molecule has 6 heteroatoms. The van der Waals surface area contributed by atoms with E-state index in [1.54, 1.807) is 24.7 Å². The van der Waals surface area contributed by atoms with Crippen molar-refractivity contribution in [3.05, 3.63) is 78.5 Å². The third-order valence-electron chi connectivity index (χ3n) is 3.74. The maximum Gasteiger partial charge on any atom is 0.319 e. The lowest BCUT2D eigenvalue weighted by Crippen LogP contribution is -2.27. The number of carbonyl (C=O) groups is 1. The van der Waals surface area contributed by atoms with Gasteiger partial charge >= 0.3 is 6.03 Å². The molecule has 0 radical (unpaired) electrons. The number of hydrogen-bond donors (Lipinski definition) is 3. The van der Waals surface area contributed by atoms with Crippen LogP contribution in [0.3, 0.4) is 0 Å². The summed E-state index contributed by atoms with van der Waals surface area (Å²) < 4.78 is 5.17. The summed E-state index contributed by atoms with van der Waals surface area (Å²) in [7, 11) is 0. The third kappa shape index (κ3) is 4.84. The minimum atomic E-state index is -0.276. The molecular weight excluding hydrogens is 316 g/mol. The predicted octanol–water partition coefficient (Wildman–Crippen LogP) is 4.17. The summed E-state index contributed by atoms with van der Waals surface area (Å²) in [6, 6.07) is 15.0. The molecule has 1 aromatic carbocycles. The van der Waals surface area contributed by atoms with E-state index in [-0.39, 0.29) is 12.1 Å². The third-order valence-corrected chi connectivity index (χ3v) is 3.74. The first kappa shape index (κ1) is 16.6. The summed E-state index contributed by atoms with van der Waals surface area (Å²) >= 11 is 0. The van der Waals surface area contributed by atoms with Gasteiger partial charge in [0, 0.05) is 29.8 Å². The molecule has 25 heavy (non-hydrogen) atoms. The largest absolute Gasteiger partial charge is 0.467 e. The molecule has 0 aliphatic rings. The highest BCUT2D eigenvalue weighted by molar-refractivity contribution is 5.89. The number of nitrogens with one attached hydrogen (secondary N) is 3. The molecule has 1 unspecified atom stereocenters. The second-order valence-corrected chi connectivity index (χ2v) is 5.61. The first-order valence-electron chi connectivity index (χ1n) is 8.04. The minimum absolute atomic E-state index is 0.165. The van der Waals surface area contributed by atoms with Crippen LogP contribution < -0.4 is 16.0 Å². The van der Waals surface area contributed by atoms with Gasteiger partial charge in [-0.2, -0.15) is 0 Å². The molecule has 0 spiro atoms. The highest BCUT2D eigenvalue weighted by atomic mass is 16.3. The Bertz CT molecular complexity index is 786. The van der Waals surface area contributed by atoms with Crippen LogP contribution >= 0.6 is 0 Å². The van der Waals surface area contributed by atoms with Crippen LogP contribution in [0, 0.1) is 0 Å². The Hall–Kier alpha value is -3.28. The topological polar surface area (TPSA) is 79.2 Å². The van der Waals surface area contributed by atoms with Gasteiger partial charge in [-0.05, 0) is 61.0 Å². The predicted molar refractivity (Wildman–Crippen MR) is 97.3 cm³/mol.